The van der Waals surface area contributed by atoms with Crippen LogP contribution >= 0.6 is 0 Å². The second-order valence-electron chi connectivity index (χ2n) is 6.03. The molecular weight excluding hydrogens is 326 g/mol. The monoisotopic (exact) mass is 351 g/mol. The van der Waals surface area contributed by atoms with Gasteiger partial charge in [-0.2, -0.15) is 4.98 Å². The van der Waals surface area contributed by atoms with Crippen LogP contribution in [0.5, 0.6) is 5.75 Å². The second kappa shape index (κ2) is 8.49. The van der Waals surface area contributed by atoms with Gasteiger partial charge in [0.1, 0.15) is 11.6 Å². The summed E-state index contributed by atoms with van der Waals surface area (Å²) >= 11 is 0. The molecule has 0 saturated heterocycles. The molecule has 136 valence electrons. The Morgan fingerprint density at radius 3 is 2.50 bits per heavy atom. The van der Waals surface area contributed by atoms with E-state index in [1.54, 1.807) is 7.11 Å². The lowest BCUT2D eigenvalue weighted by Crippen LogP contribution is -2.16. The molecule has 0 spiro atoms. The predicted octanol–water partition coefficient (Wildman–Crippen LogP) is 3.43. The van der Waals surface area contributed by atoms with Gasteiger partial charge in [0.25, 0.3) is 0 Å². The smallest absolute Gasteiger partial charge is 0.225 e. The van der Waals surface area contributed by atoms with Crippen LogP contribution in [-0.4, -0.2) is 44.3 Å². The number of nitrogens with one attached hydrogen (secondary N) is 2. The summed E-state index contributed by atoms with van der Waals surface area (Å²) in [5, 5.41) is 7.49. The summed E-state index contributed by atoms with van der Waals surface area (Å²) in [6, 6.07) is 16.0. The average molecular weight is 351 g/mol. The van der Waals surface area contributed by atoms with Crippen LogP contribution in [-0.2, 0) is 0 Å². The van der Waals surface area contributed by atoms with Crippen LogP contribution in [0.2, 0.25) is 0 Å². The lowest BCUT2D eigenvalue weighted by atomic mass is 10.2. The molecule has 1 heterocycles. The minimum atomic E-state index is 0.648. The molecule has 0 unspecified atom stereocenters. The third-order valence-corrected chi connectivity index (χ3v) is 4.25. The van der Waals surface area contributed by atoms with Crippen LogP contribution < -0.4 is 20.3 Å². The van der Waals surface area contributed by atoms with Gasteiger partial charge in [-0.3, -0.25) is 0 Å². The zero-order valence-electron chi connectivity index (χ0n) is 15.5. The number of nitrogens with zero attached hydrogens (tertiary/aromatic N) is 3. The first-order valence-corrected chi connectivity index (χ1v) is 8.76. The Morgan fingerprint density at radius 2 is 1.77 bits per heavy atom. The van der Waals surface area contributed by atoms with E-state index in [0.717, 1.165) is 47.7 Å². The van der Waals surface area contributed by atoms with Crippen molar-refractivity contribution in [2.45, 2.75) is 6.42 Å². The molecule has 0 radical (unpaired) electrons. The molecule has 0 amide bonds. The number of ether oxygens (including phenoxy) is 1. The van der Waals surface area contributed by atoms with E-state index in [-0.39, 0.29) is 0 Å². The Labute approximate surface area is 154 Å². The van der Waals surface area contributed by atoms with Gasteiger partial charge in [-0.25, -0.2) is 4.98 Å². The van der Waals surface area contributed by atoms with E-state index in [4.69, 9.17) is 9.72 Å². The summed E-state index contributed by atoms with van der Waals surface area (Å²) in [4.78, 5) is 11.5. The maximum Gasteiger partial charge on any atom is 0.225 e. The number of hydrogen-bond donors (Lipinski definition) is 2. The van der Waals surface area contributed by atoms with Crippen LogP contribution in [0.15, 0.2) is 48.5 Å². The van der Waals surface area contributed by atoms with Gasteiger partial charge in [-0.05, 0) is 56.4 Å². The van der Waals surface area contributed by atoms with Crippen molar-refractivity contribution in [1.82, 2.24) is 15.3 Å². The highest BCUT2D eigenvalue weighted by Gasteiger charge is 2.13. The molecule has 1 aromatic heterocycles. The molecule has 26 heavy (non-hydrogen) atoms. The Hall–Kier alpha value is -2.86. The molecule has 0 atom stereocenters. The van der Waals surface area contributed by atoms with Gasteiger partial charge >= 0.3 is 0 Å². The third kappa shape index (κ3) is 4.03. The number of aromatic nitrogens is 2. The molecule has 0 aliphatic heterocycles. The fraction of sp³-hybridized carbons (Fsp3) is 0.300. The second-order valence-corrected chi connectivity index (χ2v) is 6.03. The molecule has 2 N–H and O–H groups in total. The summed E-state index contributed by atoms with van der Waals surface area (Å²) in [5.41, 5.74) is 1.96. The predicted molar refractivity (Wildman–Crippen MR) is 108 cm³/mol. The standard InChI is InChI=1S/C20H25N5O/c1-21-13-6-14-22-20-23-18-8-5-4-7-17(18)19(24-20)25(2)15-9-11-16(26-3)12-10-15/h4-5,7-12,21H,6,13-14H2,1-3H3,(H,22,23,24). The largest absolute Gasteiger partial charge is 0.497 e. The number of methoxy groups -OCH3 is 1. The Morgan fingerprint density at radius 1 is 1.00 bits per heavy atom. The molecule has 0 bridgehead atoms. The number of fused-ring (bicyclic) bond motifs is 1. The Kier molecular flexibility index (Phi) is 5.86. The van der Waals surface area contributed by atoms with E-state index in [0.29, 0.717) is 5.95 Å². The van der Waals surface area contributed by atoms with Crippen molar-refractivity contribution < 1.29 is 4.74 Å². The first-order chi connectivity index (χ1) is 12.7. The highest BCUT2D eigenvalue weighted by atomic mass is 16.5. The van der Waals surface area contributed by atoms with Crippen LogP contribution in [0, 0.1) is 0 Å². The van der Waals surface area contributed by atoms with Crippen LogP contribution in [0.1, 0.15) is 6.42 Å². The molecule has 6 heteroatoms. The highest BCUT2D eigenvalue weighted by molar-refractivity contribution is 5.92. The molecule has 0 saturated carbocycles. The highest BCUT2D eigenvalue weighted by Crippen LogP contribution is 2.30. The van der Waals surface area contributed by atoms with Crippen LogP contribution in [0.3, 0.4) is 0 Å². The zero-order valence-corrected chi connectivity index (χ0v) is 15.5. The van der Waals surface area contributed by atoms with Crippen molar-refractivity contribution in [1.29, 1.82) is 0 Å². The van der Waals surface area contributed by atoms with Crippen molar-refractivity contribution in [3.63, 3.8) is 0 Å². The van der Waals surface area contributed by atoms with Gasteiger partial charge in [0, 0.05) is 24.7 Å². The molecule has 2 aromatic carbocycles. The number of rotatable bonds is 8. The maximum atomic E-state index is 5.25. The van der Waals surface area contributed by atoms with E-state index in [9.17, 15) is 0 Å². The Bertz CT molecular complexity index is 850. The van der Waals surface area contributed by atoms with Gasteiger partial charge in [0.05, 0.1) is 12.6 Å². The molecule has 0 aliphatic carbocycles. The van der Waals surface area contributed by atoms with Crippen LogP contribution in [0.25, 0.3) is 10.9 Å². The summed E-state index contributed by atoms with van der Waals surface area (Å²) < 4.78 is 5.25. The minimum absolute atomic E-state index is 0.648. The van der Waals surface area contributed by atoms with E-state index < -0.39 is 0 Å². The minimum Gasteiger partial charge on any atom is -0.497 e. The van der Waals surface area contributed by atoms with Crippen molar-refractivity contribution in [3.8, 4) is 5.75 Å². The van der Waals surface area contributed by atoms with Crippen molar-refractivity contribution in [2.75, 3.05) is 44.5 Å². The molecule has 6 nitrogen and oxygen atoms in total. The van der Waals surface area contributed by atoms with Crippen molar-refractivity contribution in [3.05, 3.63) is 48.5 Å². The van der Waals surface area contributed by atoms with Gasteiger partial charge in [0.15, 0.2) is 0 Å². The molecule has 3 rings (SSSR count). The number of benzene rings is 2. The van der Waals surface area contributed by atoms with E-state index in [1.807, 2.05) is 56.6 Å². The maximum absolute atomic E-state index is 5.25. The Balaban J connectivity index is 1.93. The summed E-state index contributed by atoms with van der Waals surface area (Å²) in [5.74, 6) is 2.36. The van der Waals surface area contributed by atoms with Gasteiger partial charge in [-0.15, -0.1) is 0 Å². The summed E-state index contributed by atoms with van der Waals surface area (Å²) in [6.45, 7) is 1.78. The van der Waals surface area contributed by atoms with E-state index >= 15 is 0 Å². The molecule has 0 aliphatic rings. The topological polar surface area (TPSA) is 62.3 Å². The molecule has 0 fully saturated rings. The van der Waals surface area contributed by atoms with Crippen LogP contribution in [0.4, 0.5) is 17.5 Å². The SMILES string of the molecule is CNCCCNc1nc(N(C)c2ccc(OC)cc2)c2ccccc2n1. The van der Waals surface area contributed by atoms with Crippen molar-refractivity contribution in [2.24, 2.45) is 0 Å². The fourth-order valence-corrected chi connectivity index (χ4v) is 2.79. The third-order valence-electron chi connectivity index (χ3n) is 4.25. The first-order valence-electron chi connectivity index (χ1n) is 8.76. The zero-order chi connectivity index (χ0) is 18.4. The summed E-state index contributed by atoms with van der Waals surface area (Å²) in [6.07, 6.45) is 1.01. The summed E-state index contributed by atoms with van der Waals surface area (Å²) in [7, 11) is 5.64. The van der Waals surface area contributed by atoms with E-state index in [1.165, 1.54) is 0 Å². The molecular formula is C20H25N5O. The van der Waals surface area contributed by atoms with Gasteiger partial charge < -0.3 is 20.3 Å². The van der Waals surface area contributed by atoms with E-state index in [2.05, 4.69) is 26.6 Å². The fourth-order valence-electron chi connectivity index (χ4n) is 2.79. The first kappa shape index (κ1) is 17.9. The molecule has 3 aromatic rings. The average Bonchev–Trinajstić information content (AvgIpc) is 2.70. The van der Waals surface area contributed by atoms with Gasteiger partial charge in [-0.1, -0.05) is 12.1 Å². The number of para-hydroxylation sites is 1. The number of anilines is 3. The lowest BCUT2D eigenvalue weighted by molar-refractivity contribution is 0.415. The quantitative estimate of drug-likeness (QED) is 0.606. The normalized spacial score (nSPS) is 10.7. The lowest BCUT2D eigenvalue weighted by Gasteiger charge is -2.21. The van der Waals surface area contributed by atoms with Crippen molar-refractivity contribution >= 4 is 28.4 Å². The number of hydrogen-bond acceptors (Lipinski definition) is 6. The van der Waals surface area contributed by atoms with Gasteiger partial charge in [0.2, 0.25) is 5.95 Å².